The van der Waals surface area contributed by atoms with Gasteiger partial charge in [-0.25, -0.2) is 9.78 Å². The molecule has 0 radical (unpaired) electrons. The third-order valence-electron chi connectivity index (χ3n) is 5.86. The second-order valence-electron chi connectivity index (χ2n) is 9.62. The van der Waals surface area contributed by atoms with Gasteiger partial charge in [0, 0.05) is 11.8 Å². The Morgan fingerprint density at radius 3 is 1.72 bits per heavy atom. The normalized spacial score (nSPS) is 23.6. The Balaban J connectivity index is 2.98. The van der Waals surface area contributed by atoms with Crippen LogP contribution in [-0.2, 0) is 19.6 Å². The summed E-state index contributed by atoms with van der Waals surface area (Å²) >= 11 is 0. The zero-order valence-electron chi connectivity index (χ0n) is 18.2. The van der Waals surface area contributed by atoms with Crippen molar-refractivity contribution in [3.8, 4) is 0 Å². The van der Waals surface area contributed by atoms with Crippen molar-refractivity contribution in [2.24, 2.45) is 11.3 Å². The molecule has 0 N–H and O–H groups in total. The minimum absolute atomic E-state index is 0.212. The molecule has 4 nitrogen and oxygen atoms in total. The van der Waals surface area contributed by atoms with Crippen molar-refractivity contribution >= 4 is 0 Å². The van der Waals surface area contributed by atoms with Gasteiger partial charge in [0.05, 0.1) is 11.2 Å². The Hall–Kier alpha value is -0.160. The van der Waals surface area contributed by atoms with Crippen LogP contribution in [0.15, 0.2) is 0 Å². The summed E-state index contributed by atoms with van der Waals surface area (Å²) in [5, 5.41) is 0. The molecule has 0 bridgehead atoms. The molecule has 1 atom stereocenters. The molecule has 0 spiro atoms. The molecular weight excluding hydrogens is 316 g/mol. The van der Waals surface area contributed by atoms with Crippen LogP contribution in [0, 0.1) is 11.3 Å². The van der Waals surface area contributed by atoms with Crippen molar-refractivity contribution < 1.29 is 19.6 Å². The molecule has 1 unspecified atom stereocenters. The molecular formula is C21H42O4. The molecule has 0 aromatic heterocycles. The molecule has 0 amide bonds. The van der Waals surface area contributed by atoms with Crippen LogP contribution in [0.4, 0.5) is 0 Å². The Morgan fingerprint density at radius 1 is 0.880 bits per heavy atom. The van der Waals surface area contributed by atoms with Gasteiger partial charge in [0.1, 0.15) is 0 Å². The fourth-order valence-corrected chi connectivity index (χ4v) is 3.66. The van der Waals surface area contributed by atoms with E-state index in [1.54, 1.807) is 0 Å². The third-order valence-corrected chi connectivity index (χ3v) is 5.86. The molecule has 0 aliphatic heterocycles. The third kappa shape index (κ3) is 5.92. The van der Waals surface area contributed by atoms with Crippen LogP contribution in [0.25, 0.3) is 0 Å². The first kappa shape index (κ1) is 22.9. The van der Waals surface area contributed by atoms with Crippen LogP contribution in [0.5, 0.6) is 0 Å². The molecule has 0 aromatic rings. The second kappa shape index (κ2) is 8.69. The topological polar surface area (TPSA) is 36.9 Å². The van der Waals surface area contributed by atoms with Gasteiger partial charge in [0.15, 0.2) is 0 Å². The van der Waals surface area contributed by atoms with Crippen molar-refractivity contribution in [2.75, 3.05) is 0 Å². The van der Waals surface area contributed by atoms with E-state index >= 15 is 0 Å². The molecule has 25 heavy (non-hydrogen) atoms. The Kier molecular flexibility index (Phi) is 7.95. The monoisotopic (exact) mass is 358 g/mol. The maximum absolute atomic E-state index is 6.10. The molecule has 150 valence electrons. The molecule has 1 fully saturated rings. The molecule has 0 aromatic carbocycles. The van der Waals surface area contributed by atoms with E-state index in [4.69, 9.17) is 19.6 Å². The average molecular weight is 359 g/mol. The summed E-state index contributed by atoms with van der Waals surface area (Å²) < 4.78 is 0. The van der Waals surface area contributed by atoms with E-state index in [0.717, 1.165) is 44.9 Å². The predicted molar refractivity (Wildman–Crippen MR) is 102 cm³/mol. The lowest BCUT2D eigenvalue weighted by Gasteiger charge is -2.51. The predicted octanol–water partition coefficient (Wildman–Crippen LogP) is 6.58. The maximum atomic E-state index is 6.10. The van der Waals surface area contributed by atoms with Crippen LogP contribution in [0.2, 0.25) is 0 Å². The van der Waals surface area contributed by atoms with Gasteiger partial charge in [-0.05, 0) is 59.3 Å². The molecule has 0 saturated heterocycles. The van der Waals surface area contributed by atoms with E-state index in [9.17, 15) is 0 Å². The minimum atomic E-state index is -0.888. The van der Waals surface area contributed by atoms with Crippen molar-refractivity contribution in [1.82, 2.24) is 0 Å². The van der Waals surface area contributed by atoms with Gasteiger partial charge in [-0.15, -0.1) is 0 Å². The summed E-state index contributed by atoms with van der Waals surface area (Å²) in [7, 11) is 0. The lowest BCUT2D eigenvalue weighted by atomic mass is 9.65. The zero-order valence-corrected chi connectivity index (χ0v) is 18.2. The van der Waals surface area contributed by atoms with E-state index in [0.29, 0.717) is 5.92 Å². The molecule has 4 heteroatoms. The Morgan fingerprint density at radius 2 is 1.32 bits per heavy atom. The highest BCUT2D eigenvalue weighted by atomic mass is 17.3. The summed E-state index contributed by atoms with van der Waals surface area (Å²) in [5.41, 5.74) is -0.905. The van der Waals surface area contributed by atoms with Crippen LogP contribution >= 0.6 is 0 Å². The largest absolute Gasteiger partial charge is 0.239 e. The fourth-order valence-electron chi connectivity index (χ4n) is 3.66. The summed E-state index contributed by atoms with van der Waals surface area (Å²) in [5.74, 6) is -0.433. The molecule has 1 rings (SSSR count). The zero-order chi connectivity index (χ0) is 19.4. The number of hydrogen-bond acceptors (Lipinski definition) is 4. The van der Waals surface area contributed by atoms with E-state index < -0.39 is 5.79 Å². The second-order valence-corrected chi connectivity index (χ2v) is 9.62. The van der Waals surface area contributed by atoms with Crippen LogP contribution in [0.3, 0.4) is 0 Å². The van der Waals surface area contributed by atoms with Crippen molar-refractivity contribution in [1.29, 1.82) is 0 Å². The van der Waals surface area contributed by atoms with Gasteiger partial charge in [-0.3, -0.25) is 0 Å². The van der Waals surface area contributed by atoms with Gasteiger partial charge in [-0.2, -0.15) is 9.78 Å². The molecule has 1 aliphatic rings. The first-order chi connectivity index (χ1) is 11.4. The van der Waals surface area contributed by atoms with Gasteiger partial charge >= 0.3 is 0 Å². The van der Waals surface area contributed by atoms with Crippen molar-refractivity contribution in [2.45, 2.75) is 124 Å². The number of rotatable bonds is 10. The van der Waals surface area contributed by atoms with Crippen molar-refractivity contribution in [3.63, 3.8) is 0 Å². The number of hydrogen-bond donors (Lipinski definition) is 0. The lowest BCUT2D eigenvalue weighted by molar-refractivity contribution is -0.570. The van der Waals surface area contributed by atoms with Gasteiger partial charge in [0.2, 0.25) is 5.79 Å². The highest BCUT2D eigenvalue weighted by Gasteiger charge is 2.56. The molecule has 1 aliphatic carbocycles. The van der Waals surface area contributed by atoms with Crippen LogP contribution in [-0.4, -0.2) is 17.0 Å². The highest BCUT2D eigenvalue weighted by Crippen LogP contribution is 2.51. The van der Waals surface area contributed by atoms with Crippen molar-refractivity contribution in [3.05, 3.63) is 0 Å². The smallest absolute Gasteiger partial charge is 0.228 e. The van der Waals surface area contributed by atoms with E-state index in [1.165, 1.54) is 0 Å². The SMILES string of the molecule is CCCC(C)(C)OOC1(OOC(C)(C)CCC)CCCC(C)C1(C)C. The first-order valence-electron chi connectivity index (χ1n) is 10.1. The van der Waals surface area contributed by atoms with Gasteiger partial charge in [-0.1, -0.05) is 47.5 Å². The van der Waals surface area contributed by atoms with Crippen LogP contribution < -0.4 is 0 Å². The summed E-state index contributed by atoms with van der Waals surface area (Å²) in [6.45, 7) is 19.2. The first-order valence-corrected chi connectivity index (χ1v) is 10.1. The van der Waals surface area contributed by atoms with Crippen LogP contribution in [0.1, 0.15) is 107 Å². The highest BCUT2D eigenvalue weighted by molar-refractivity contribution is 4.94. The van der Waals surface area contributed by atoms with Gasteiger partial charge < -0.3 is 0 Å². The van der Waals surface area contributed by atoms with E-state index in [2.05, 4.69) is 62.3 Å². The summed E-state index contributed by atoms with van der Waals surface area (Å²) in [4.78, 5) is 24.0. The molecule has 1 saturated carbocycles. The Labute approximate surface area is 155 Å². The average Bonchev–Trinajstić information content (AvgIpc) is 2.48. The van der Waals surface area contributed by atoms with Gasteiger partial charge in [0.25, 0.3) is 0 Å². The summed E-state index contributed by atoms with van der Waals surface area (Å²) in [6, 6.07) is 0. The Bertz CT molecular complexity index is 379. The molecule has 0 heterocycles. The fraction of sp³-hybridized carbons (Fsp3) is 1.00. The summed E-state index contributed by atoms with van der Waals surface area (Å²) in [6.07, 6.45) is 6.93. The lowest BCUT2D eigenvalue weighted by Crippen LogP contribution is -2.56. The standard InChI is InChI=1S/C21H42O4/c1-10-14-18(4,5)22-24-21(25-23-19(6,7)15-11-2)16-12-13-17(3)20(21,8)9/h17H,10-16H2,1-9H3. The van der Waals surface area contributed by atoms with E-state index in [1.807, 2.05) is 0 Å². The quantitative estimate of drug-likeness (QED) is 0.251. The maximum Gasteiger partial charge on any atom is 0.239 e. The van der Waals surface area contributed by atoms with E-state index in [-0.39, 0.29) is 16.6 Å². The minimum Gasteiger partial charge on any atom is -0.228 e.